The van der Waals surface area contributed by atoms with E-state index in [-0.39, 0.29) is 11.8 Å². The minimum absolute atomic E-state index is 0.0659. The van der Waals surface area contributed by atoms with Crippen molar-refractivity contribution in [3.8, 4) is 17.0 Å². The number of para-hydroxylation sites is 1. The number of nitrogens with zero attached hydrogens (tertiary/aromatic N) is 4. The van der Waals surface area contributed by atoms with Gasteiger partial charge in [0.25, 0.3) is 0 Å². The molecule has 0 bridgehead atoms. The maximum absolute atomic E-state index is 13.0. The summed E-state index contributed by atoms with van der Waals surface area (Å²) in [7, 11) is 1.66. The zero-order valence-electron chi connectivity index (χ0n) is 19.0. The Balaban J connectivity index is 1.30. The first-order valence-corrected chi connectivity index (χ1v) is 12.0. The molecule has 0 aliphatic carbocycles. The molecule has 2 aromatic heterocycles. The van der Waals surface area contributed by atoms with E-state index in [0.29, 0.717) is 6.54 Å². The van der Waals surface area contributed by atoms with E-state index in [1.807, 2.05) is 67.0 Å². The summed E-state index contributed by atoms with van der Waals surface area (Å²) in [6.07, 6.45) is 3.80. The van der Waals surface area contributed by atoms with Crippen LogP contribution in [0.25, 0.3) is 16.2 Å². The van der Waals surface area contributed by atoms with Crippen molar-refractivity contribution in [2.75, 3.05) is 30.4 Å². The molecule has 0 spiro atoms. The van der Waals surface area contributed by atoms with E-state index in [1.165, 1.54) is 0 Å². The fourth-order valence-electron chi connectivity index (χ4n) is 4.32. The van der Waals surface area contributed by atoms with Gasteiger partial charge in [-0.3, -0.25) is 4.79 Å². The van der Waals surface area contributed by atoms with Crippen LogP contribution in [0.3, 0.4) is 0 Å². The summed E-state index contributed by atoms with van der Waals surface area (Å²) in [5.41, 5.74) is 5.01. The predicted molar refractivity (Wildman–Crippen MR) is 132 cm³/mol. The molecule has 1 aliphatic heterocycles. The Hall–Kier alpha value is -3.39. The lowest BCUT2D eigenvalue weighted by Gasteiger charge is -2.31. The van der Waals surface area contributed by atoms with E-state index < -0.39 is 0 Å². The summed E-state index contributed by atoms with van der Waals surface area (Å²) < 4.78 is 7.07. The Morgan fingerprint density at radius 3 is 2.61 bits per heavy atom. The molecule has 33 heavy (non-hydrogen) atoms. The third-order valence-electron chi connectivity index (χ3n) is 6.21. The molecule has 1 fully saturated rings. The number of aryl methyl sites for hydroxylation is 2. The number of carbonyl (C=O) groups is 1. The molecule has 0 unspecified atom stereocenters. The second-order valence-electron chi connectivity index (χ2n) is 8.51. The number of benzene rings is 2. The molecular formula is C25H27N5O2S. The largest absolute Gasteiger partial charge is 0.497 e. The number of carbonyl (C=O) groups excluding carboxylic acids is 1. The number of piperidine rings is 1. The highest BCUT2D eigenvalue weighted by molar-refractivity contribution is 7.20. The summed E-state index contributed by atoms with van der Waals surface area (Å²) in [6, 6.07) is 13.9. The van der Waals surface area contributed by atoms with Gasteiger partial charge in [-0.05, 0) is 62.1 Å². The SMILES string of the molecule is COc1ccc(-c2cn3nc(N4CCC[C@H](C(=O)Nc5c(C)cccc5C)C4)sc3n2)cc1. The highest BCUT2D eigenvalue weighted by Crippen LogP contribution is 2.31. The first-order valence-electron chi connectivity index (χ1n) is 11.1. The number of amides is 1. The number of fused-ring (bicyclic) bond motifs is 1. The number of ether oxygens (including phenoxy) is 1. The third kappa shape index (κ3) is 4.30. The highest BCUT2D eigenvalue weighted by atomic mass is 32.1. The van der Waals surface area contributed by atoms with Crippen molar-refractivity contribution in [2.24, 2.45) is 5.92 Å². The van der Waals surface area contributed by atoms with Crippen LogP contribution in [0.15, 0.2) is 48.7 Å². The van der Waals surface area contributed by atoms with E-state index in [0.717, 1.165) is 63.3 Å². The first-order chi connectivity index (χ1) is 16.0. The fraction of sp³-hybridized carbons (Fsp3) is 0.320. The monoisotopic (exact) mass is 461 g/mol. The van der Waals surface area contributed by atoms with Crippen molar-refractivity contribution in [2.45, 2.75) is 26.7 Å². The molecule has 7 nitrogen and oxygen atoms in total. The minimum atomic E-state index is -0.0659. The second kappa shape index (κ2) is 8.86. The number of anilines is 2. The van der Waals surface area contributed by atoms with Crippen LogP contribution >= 0.6 is 11.3 Å². The number of imidazole rings is 1. The Bertz CT molecular complexity index is 1240. The number of rotatable bonds is 5. The van der Waals surface area contributed by atoms with Gasteiger partial charge in [0.05, 0.1) is 24.9 Å². The van der Waals surface area contributed by atoms with Gasteiger partial charge in [0, 0.05) is 24.3 Å². The lowest BCUT2D eigenvalue weighted by atomic mass is 9.97. The summed E-state index contributed by atoms with van der Waals surface area (Å²) in [4.78, 5) is 20.9. The fourth-order valence-corrected chi connectivity index (χ4v) is 5.24. The van der Waals surface area contributed by atoms with Crippen molar-refractivity contribution in [3.05, 3.63) is 59.8 Å². The van der Waals surface area contributed by atoms with Gasteiger partial charge in [-0.1, -0.05) is 29.5 Å². The normalized spacial score (nSPS) is 16.2. The molecule has 1 saturated heterocycles. The summed E-state index contributed by atoms with van der Waals surface area (Å²) in [6.45, 7) is 5.62. The van der Waals surface area contributed by atoms with Crippen LogP contribution in [-0.2, 0) is 4.79 Å². The maximum atomic E-state index is 13.0. The topological polar surface area (TPSA) is 71.8 Å². The molecule has 170 valence electrons. The Kier molecular flexibility index (Phi) is 5.76. The number of hydrogen-bond acceptors (Lipinski definition) is 6. The lowest BCUT2D eigenvalue weighted by Crippen LogP contribution is -2.41. The smallest absolute Gasteiger partial charge is 0.229 e. The molecule has 1 amide bonds. The van der Waals surface area contributed by atoms with E-state index >= 15 is 0 Å². The van der Waals surface area contributed by atoms with Crippen LogP contribution in [0.1, 0.15) is 24.0 Å². The van der Waals surface area contributed by atoms with Crippen molar-refractivity contribution in [1.29, 1.82) is 0 Å². The van der Waals surface area contributed by atoms with Gasteiger partial charge in [0.15, 0.2) is 0 Å². The van der Waals surface area contributed by atoms with Crippen LogP contribution in [0.4, 0.5) is 10.8 Å². The van der Waals surface area contributed by atoms with Gasteiger partial charge in [0.1, 0.15) is 5.75 Å². The van der Waals surface area contributed by atoms with E-state index in [2.05, 4.69) is 10.2 Å². The van der Waals surface area contributed by atoms with Gasteiger partial charge in [-0.2, -0.15) is 0 Å². The summed E-state index contributed by atoms with van der Waals surface area (Å²) in [5, 5.41) is 8.84. The van der Waals surface area contributed by atoms with Crippen LogP contribution in [0.5, 0.6) is 5.75 Å². The standard InChI is InChI=1S/C25H27N5O2S/c1-16-6-4-7-17(2)22(16)27-23(31)19-8-5-13-29(14-19)25-28-30-15-21(26-24(30)33-25)18-9-11-20(32-3)12-10-18/h4,6-7,9-12,15,19H,5,8,13-14H2,1-3H3,(H,27,31)/t19-/m0/s1. The van der Waals surface area contributed by atoms with Crippen LogP contribution in [0, 0.1) is 19.8 Å². The molecule has 2 aromatic carbocycles. The van der Waals surface area contributed by atoms with Gasteiger partial charge >= 0.3 is 0 Å². The van der Waals surface area contributed by atoms with Crippen molar-refractivity contribution in [1.82, 2.24) is 14.6 Å². The lowest BCUT2D eigenvalue weighted by molar-refractivity contribution is -0.120. The predicted octanol–water partition coefficient (Wildman–Crippen LogP) is 4.94. The van der Waals surface area contributed by atoms with Crippen molar-refractivity contribution < 1.29 is 9.53 Å². The Morgan fingerprint density at radius 2 is 1.91 bits per heavy atom. The maximum Gasteiger partial charge on any atom is 0.229 e. The number of hydrogen-bond donors (Lipinski definition) is 1. The molecule has 8 heteroatoms. The van der Waals surface area contributed by atoms with Crippen LogP contribution < -0.4 is 15.0 Å². The summed E-state index contributed by atoms with van der Waals surface area (Å²) >= 11 is 1.56. The number of nitrogens with one attached hydrogen (secondary N) is 1. The van der Waals surface area contributed by atoms with Gasteiger partial charge in [-0.15, -0.1) is 5.10 Å². The van der Waals surface area contributed by atoms with Crippen LogP contribution in [0.2, 0.25) is 0 Å². The average molecular weight is 462 g/mol. The molecule has 3 heterocycles. The van der Waals surface area contributed by atoms with E-state index in [1.54, 1.807) is 18.4 Å². The molecule has 4 aromatic rings. The third-order valence-corrected chi connectivity index (χ3v) is 7.19. The van der Waals surface area contributed by atoms with E-state index in [9.17, 15) is 4.79 Å². The molecule has 1 atom stereocenters. The molecular weight excluding hydrogens is 434 g/mol. The number of aromatic nitrogens is 3. The van der Waals surface area contributed by atoms with Crippen LogP contribution in [-0.4, -0.2) is 40.7 Å². The van der Waals surface area contributed by atoms with Crippen molar-refractivity contribution in [3.63, 3.8) is 0 Å². The summed E-state index contributed by atoms with van der Waals surface area (Å²) in [5.74, 6) is 0.838. The zero-order chi connectivity index (χ0) is 22.9. The molecule has 1 N–H and O–H groups in total. The molecule has 1 aliphatic rings. The van der Waals surface area contributed by atoms with Gasteiger partial charge < -0.3 is 15.0 Å². The zero-order valence-corrected chi connectivity index (χ0v) is 19.9. The average Bonchev–Trinajstić information content (AvgIpc) is 3.41. The minimum Gasteiger partial charge on any atom is -0.497 e. The van der Waals surface area contributed by atoms with Crippen molar-refractivity contribution >= 4 is 33.0 Å². The second-order valence-corrected chi connectivity index (χ2v) is 9.44. The quantitative estimate of drug-likeness (QED) is 0.456. The molecule has 5 rings (SSSR count). The number of methoxy groups -OCH3 is 1. The first kappa shape index (κ1) is 21.5. The Labute approximate surface area is 197 Å². The van der Waals surface area contributed by atoms with Gasteiger partial charge in [-0.25, -0.2) is 9.50 Å². The van der Waals surface area contributed by atoms with Gasteiger partial charge in [0.2, 0.25) is 16.0 Å². The molecule has 0 saturated carbocycles. The Morgan fingerprint density at radius 1 is 1.15 bits per heavy atom. The molecule has 0 radical (unpaired) electrons. The van der Waals surface area contributed by atoms with E-state index in [4.69, 9.17) is 14.8 Å². The highest BCUT2D eigenvalue weighted by Gasteiger charge is 2.28.